The van der Waals surface area contributed by atoms with Crippen LogP contribution in [0.25, 0.3) is 0 Å². The molecule has 0 aliphatic carbocycles. The third kappa shape index (κ3) is 6.69. The van der Waals surface area contributed by atoms with Crippen molar-refractivity contribution in [1.29, 1.82) is 0 Å². The number of ether oxygens (including phenoxy) is 4. The van der Waals surface area contributed by atoms with Crippen molar-refractivity contribution >= 4 is 24.2 Å². The van der Waals surface area contributed by atoms with E-state index in [1.165, 1.54) is 0 Å². The second kappa shape index (κ2) is 12.7. The molecule has 1 aliphatic rings. The zero-order chi connectivity index (χ0) is 26.3. The second-order valence-corrected chi connectivity index (χ2v) is 10.2. The fourth-order valence-corrected chi connectivity index (χ4v) is 5.30. The van der Waals surface area contributed by atoms with Gasteiger partial charge in [-0.2, -0.15) is 12.6 Å². The molecule has 3 unspecified atom stereocenters. The Hall–Kier alpha value is -2.06. The first-order chi connectivity index (χ1) is 17.9. The number of hydrogen-bond acceptors (Lipinski definition) is 6. The van der Waals surface area contributed by atoms with Crippen molar-refractivity contribution in [2.45, 2.75) is 50.3 Å². The lowest BCUT2D eigenvalue weighted by atomic mass is 9.85. The quantitative estimate of drug-likeness (QED) is 0.283. The first-order valence-corrected chi connectivity index (χ1v) is 13.6. The molecule has 0 bridgehead atoms. The van der Waals surface area contributed by atoms with E-state index in [4.69, 9.17) is 30.5 Å². The van der Waals surface area contributed by atoms with E-state index in [1.54, 1.807) is 7.11 Å². The van der Waals surface area contributed by atoms with Gasteiger partial charge in [-0.3, -0.25) is 0 Å². The fourth-order valence-electron chi connectivity index (χ4n) is 4.83. The molecule has 1 N–H and O–H groups in total. The maximum Gasteiger partial charge on any atom is 0.197 e. The summed E-state index contributed by atoms with van der Waals surface area (Å²) < 4.78 is 24.6. The van der Waals surface area contributed by atoms with E-state index < -0.39 is 11.4 Å². The number of rotatable bonds is 11. The van der Waals surface area contributed by atoms with E-state index in [0.717, 1.165) is 28.0 Å². The maximum atomic E-state index is 10.4. The van der Waals surface area contributed by atoms with Crippen molar-refractivity contribution in [2.24, 2.45) is 0 Å². The molecule has 3 aromatic rings. The molecule has 0 amide bonds. The van der Waals surface area contributed by atoms with Crippen LogP contribution in [0.3, 0.4) is 0 Å². The second-order valence-electron chi connectivity index (χ2n) is 9.45. The van der Waals surface area contributed by atoms with E-state index >= 15 is 0 Å². The molecular weight excluding hydrogens is 508 g/mol. The van der Waals surface area contributed by atoms with Gasteiger partial charge in [-0.15, -0.1) is 0 Å². The number of hydrogen-bond donors (Lipinski definition) is 2. The molecule has 0 radical (unpaired) electrons. The third-order valence-electron chi connectivity index (χ3n) is 6.83. The molecule has 37 heavy (non-hydrogen) atoms. The van der Waals surface area contributed by atoms with E-state index in [9.17, 15) is 5.11 Å². The number of aliphatic hydroxyl groups excluding tert-OH is 1. The minimum Gasteiger partial charge on any atom is -0.494 e. The zero-order valence-corrected chi connectivity index (χ0v) is 23.0. The Balaban J connectivity index is 1.61. The Morgan fingerprint density at radius 1 is 1.03 bits per heavy atom. The lowest BCUT2D eigenvalue weighted by molar-refractivity contribution is -0.332. The molecule has 0 spiro atoms. The van der Waals surface area contributed by atoms with Crippen LogP contribution in [0.1, 0.15) is 42.0 Å². The number of aliphatic hydroxyl groups is 1. The summed E-state index contributed by atoms with van der Waals surface area (Å²) in [6, 6.07) is 23.9. The van der Waals surface area contributed by atoms with Crippen LogP contribution < -0.4 is 4.74 Å². The highest BCUT2D eigenvalue weighted by Crippen LogP contribution is 2.45. The molecule has 0 saturated carbocycles. The van der Waals surface area contributed by atoms with Crippen LogP contribution in [-0.4, -0.2) is 42.9 Å². The summed E-state index contributed by atoms with van der Waals surface area (Å²) in [5.74, 6) is 0.0454. The Kier molecular flexibility index (Phi) is 9.57. The summed E-state index contributed by atoms with van der Waals surface area (Å²) in [7, 11) is 1.63. The minimum absolute atomic E-state index is 0.195. The monoisotopic (exact) mass is 542 g/mol. The van der Waals surface area contributed by atoms with Gasteiger partial charge in [0.05, 0.1) is 25.9 Å². The topological polar surface area (TPSA) is 57.2 Å². The van der Waals surface area contributed by atoms with Crippen molar-refractivity contribution in [3.8, 4) is 5.75 Å². The lowest BCUT2D eigenvalue weighted by Gasteiger charge is -2.49. The van der Waals surface area contributed by atoms with Crippen LogP contribution in [-0.2, 0) is 33.0 Å². The number of halogens is 1. The first kappa shape index (κ1) is 28.0. The van der Waals surface area contributed by atoms with Gasteiger partial charge in [-0.1, -0.05) is 60.1 Å². The lowest BCUT2D eigenvalue weighted by Crippen LogP contribution is -2.56. The van der Waals surface area contributed by atoms with Gasteiger partial charge < -0.3 is 24.1 Å². The van der Waals surface area contributed by atoms with Gasteiger partial charge in [0, 0.05) is 36.3 Å². The van der Waals surface area contributed by atoms with Crippen LogP contribution in [0.5, 0.6) is 5.75 Å². The minimum atomic E-state index is -1.12. The van der Waals surface area contributed by atoms with E-state index in [0.29, 0.717) is 43.3 Å². The van der Waals surface area contributed by atoms with Gasteiger partial charge in [0.25, 0.3) is 0 Å². The first-order valence-electron chi connectivity index (χ1n) is 12.6. The largest absolute Gasteiger partial charge is 0.494 e. The molecular formula is C30H35ClO5S. The van der Waals surface area contributed by atoms with Crippen LogP contribution >= 0.6 is 24.2 Å². The maximum absolute atomic E-state index is 10.4. The van der Waals surface area contributed by atoms with Gasteiger partial charge in [-0.25, -0.2) is 0 Å². The molecule has 4 rings (SSSR count). The molecule has 0 aromatic heterocycles. The molecule has 7 heteroatoms. The van der Waals surface area contributed by atoms with Crippen molar-refractivity contribution in [2.75, 3.05) is 26.1 Å². The Bertz CT molecular complexity index is 1140. The summed E-state index contributed by atoms with van der Waals surface area (Å²) >= 11 is 11.2. The predicted molar refractivity (Wildman–Crippen MR) is 150 cm³/mol. The zero-order valence-electron chi connectivity index (χ0n) is 21.4. The molecule has 1 heterocycles. The molecule has 1 fully saturated rings. The number of thiol groups is 1. The van der Waals surface area contributed by atoms with Gasteiger partial charge in [-0.05, 0) is 54.3 Å². The van der Waals surface area contributed by atoms with E-state index in [-0.39, 0.29) is 12.7 Å². The summed E-state index contributed by atoms with van der Waals surface area (Å²) in [5, 5.41) is 11.0. The van der Waals surface area contributed by atoms with Crippen LogP contribution in [0, 0.1) is 0 Å². The van der Waals surface area contributed by atoms with Crippen molar-refractivity contribution in [1.82, 2.24) is 0 Å². The highest BCUT2D eigenvalue weighted by molar-refractivity contribution is 7.80. The van der Waals surface area contributed by atoms with E-state index in [2.05, 4.69) is 12.6 Å². The van der Waals surface area contributed by atoms with Gasteiger partial charge in [0.2, 0.25) is 0 Å². The smallest absolute Gasteiger partial charge is 0.197 e. The van der Waals surface area contributed by atoms with Gasteiger partial charge >= 0.3 is 0 Å². The average molecular weight is 543 g/mol. The predicted octanol–water partition coefficient (Wildman–Crippen LogP) is 6.19. The van der Waals surface area contributed by atoms with Crippen LogP contribution in [0.2, 0.25) is 5.02 Å². The normalized spacial score (nSPS) is 23.6. The van der Waals surface area contributed by atoms with Gasteiger partial charge in [0.1, 0.15) is 11.4 Å². The van der Waals surface area contributed by atoms with Gasteiger partial charge in [0.15, 0.2) is 5.79 Å². The molecule has 1 aliphatic heterocycles. The Labute approximate surface area is 230 Å². The molecule has 3 atom stereocenters. The van der Waals surface area contributed by atoms with Crippen molar-refractivity contribution in [3.63, 3.8) is 0 Å². The third-order valence-corrected chi connectivity index (χ3v) is 7.77. The molecule has 3 aromatic carbocycles. The summed E-state index contributed by atoms with van der Waals surface area (Å²) in [4.78, 5) is 0. The Morgan fingerprint density at radius 3 is 2.43 bits per heavy atom. The van der Waals surface area contributed by atoms with Crippen LogP contribution in [0.15, 0.2) is 72.8 Å². The molecule has 1 saturated heterocycles. The average Bonchev–Trinajstić information content (AvgIpc) is 2.94. The van der Waals surface area contributed by atoms with Crippen LogP contribution in [0.4, 0.5) is 0 Å². The standard InChI is InChI=1S/C30H35ClO5S/c1-3-34-26-12-9-22(10-13-26)15-24-16-25(11-14-28(24)31)30(33-2)18-27(17-29(20-32,21-37)36-30)35-19-23-7-5-4-6-8-23/h4-14,16,27,32,37H,3,15,17-21H2,1-2H3. The highest BCUT2D eigenvalue weighted by Gasteiger charge is 2.51. The van der Waals surface area contributed by atoms with Crippen molar-refractivity contribution in [3.05, 3.63) is 100 Å². The number of methoxy groups -OCH3 is 1. The molecule has 5 nitrogen and oxygen atoms in total. The summed E-state index contributed by atoms with van der Waals surface area (Å²) in [6.07, 6.45) is 1.41. The molecule has 198 valence electrons. The van der Waals surface area contributed by atoms with Crippen molar-refractivity contribution < 1.29 is 24.1 Å². The van der Waals surface area contributed by atoms with E-state index in [1.807, 2.05) is 79.7 Å². The SMILES string of the molecule is CCOc1ccc(Cc2cc(C3(OC)CC(OCc4ccccc4)CC(CO)(CS)O3)ccc2Cl)cc1. The summed E-state index contributed by atoms with van der Waals surface area (Å²) in [5.41, 5.74) is 3.07. The number of benzene rings is 3. The fraction of sp³-hybridized carbons (Fsp3) is 0.400. The Morgan fingerprint density at radius 2 is 1.78 bits per heavy atom. The highest BCUT2D eigenvalue weighted by atomic mass is 35.5. The summed E-state index contributed by atoms with van der Waals surface area (Å²) in [6.45, 7) is 2.86.